The van der Waals surface area contributed by atoms with Gasteiger partial charge < -0.3 is 14.5 Å². The average Bonchev–Trinajstić information content (AvgIpc) is 3.26. The van der Waals surface area contributed by atoms with E-state index < -0.39 is 0 Å². The summed E-state index contributed by atoms with van der Waals surface area (Å²) in [5, 5.41) is 4.28. The summed E-state index contributed by atoms with van der Waals surface area (Å²) in [7, 11) is 0. The van der Waals surface area contributed by atoms with Gasteiger partial charge in [-0.05, 0) is 60.7 Å². The number of carbonyl (C=O) groups excluding carboxylic acids is 1. The van der Waals surface area contributed by atoms with Gasteiger partial charge in [0, 0.05) is 23.6 Å². The molecule has 30 heavy (non-hydrogen) atoms. The second kappa shape index (κ2) is 9.02. The van der Waals surface area contributed by atoms with Crippen molar-refractivity contribution in [3.8, 4) is 0 Å². The van der Waals surface area contributed by atoms with E-state index in [2.05, 4.69) is 24.2 Å². The van der Waals surface area contributed by atoms with Gasteiger partial charge in [0.1, 0.15) is 11.1 Å². The zero-order chi connectivity index (χ0) is 21.1. The van der Waals surface area contributed by atoms with Gasteiger partial charge in [-0.2, -0.15) is 0 Å². The Morgan fingerprint density at radius 1 is 1.20 bits per heavy atom. The Balaban J connectivity index is 1.72. The first kappa shape index (κ1) is 20.6. The van der Waals surface area contributed by atoms with Gasteiger partial charge in [-0.3, -0.25) is 4.79 Å². The highest BCUT2D eigenvalue weighted by Crippen LogP contribution is 2.21. The molecule has 0 bridgehead atoms. The smallest absolute Gasteiger partial charge is 0.256 e. The van der Waals surface area contributed by atoms with E-state index in [1.54, 1.807) is 24.3 Å². The second-order valence-electron chi connectivity index (χ2n) is 7.85. The molecule has 2 heterocycles. The molecule has 6 heteroatoms. The standard InChI is InChI=1S/C24H25ClN2O3/c1-15(2)16-5-8-19(9-6-16)27-24-21(23(28)26-14-20-4-3-11-29-20)13-17-12-18(25)7-10-22(17)30-24/h5-10,12-13,15,20H,3-4,11,14H2,1-2H3,(H,26,28)/t20-/m0/s1. The quantitative estimate of drug-likeness (QED) is 0.600. The Hall–Kier alpha value is -2.63. The van der Waals surface area contributed by atoms with Crippen LogP contribution in [-0.2, 0) is 4.74 Å². The fourth-order valence-electron chi connectivity index (χ4n) is 3.51. The molecule has 1 aliphatic heterocycles. The summed E-state index contributed by atoms with van der Waals surface area (Å²) >= 11 is 6.13. The Morgan fingerprint density at radius 2 is 2.00 bits per heavy atom. The lowest BCUT2D eigenvalue weighted by Gasteiger charge is -2.11. The molecule has 1 saturated heterocycles. The van der Waals surface area contributed by atoms with Crippen molar-refractivity contribution < 1.29 is 13.9 Å². The van der Waals surface area contributed by atoms with Crippen LogP contribution in [0.1, 0.15) is 48.5 Å². The molecule has 5 nitrogen and oxygen atoms in total. The molecule has 0 aliphatic carbocycles. The first-order valence-corrected chi connectivity index (χ1v) is 10.7. The number of benzene rings is 2. The summed E-state index contributed by atoms with van der Waals surface area (Å²) in [6.07, 6.45) is 2.04. The molecule has 0 unspecified atom stereocenters. The Kier molecular flexibility index (Phi) is 6.21. The van der Waals surface area contributed by atoms with Crippen LogP contribution in [0.5, 0.6) is 0 Å². The summed E-state index contributed by atoms with van der Waals surface area (Å²) < 4.78 is 11.6. The van der Waals surface area contributed by atoms with Gasteiger partial charge in [0.05, 0.1) is 11.8 Å². The molecule has 156 valence electrons. The third-order valence-electron chi connectivity index (χ3n) is 5.26. The third kappa shape index (κ3) is 4.74. The summed E-state index contributed by atoms with van der Waals surface area (Å²) in [5.41, 5.74) is 3.22. The van der Waals surface area contributed by atoms with Crippen LogP contribution in [0.2, 0.25) is 5.02 Å². The van der Waals surface area contributed by atoms with Gasteiger partial charge >= 0.3 is 0 Å². The SMILES string of the molecule is CC(C)c1ccc(N=c2oc3ccc(Cl)cc3cc2C(=O)NC[C@@H]2CCCO2)cc1. The highest BCUT2D eigenvalue weighted by Gasteiger charge is 2.18. The van der Waals surface area contributed by atoms with E-state index in [0.717, 1.165) is 30.5 Å². The predicted molar refractivity (Wildman–Crippen MR) is 118 cm³/mol. The van der Waals surface area contributed by atoms with Crippen LogP contribution in [-0.4, -0.2) is 25.2 Å². The van der Waals surface area contributed by atoms with Crippen LogP contribution in [0, 0.1) is 0 Å². The van der Waals surface area contributed by atoms with E-state index >= 15 is 0 Å². The molecule has 2 aromatic carbocycles. The number of halogens is 1. The van der Waals surface area contributed by atoms with Crippen LogP contribution in [0.4, 0.5) is 5.69 Å². The fraction of sp³-hybridized carbons (Fsp3) is 0.333. The topological polar surface area (TPSA) is 63.8 Å². The second-order valence-corrected chi connectivity index (χ2v) is 8.29. The molecule has 1 aliphatic rings. The van der Waals surface area contributed by atoms with E-state index in [0.29, 0.717) is 28.6 Å². The third-order valence-corrected chi connectivity index (χ3v) is 5.49. The van der Waals surface area contributed by atoms with Gasteiger partial charge in [0.2, 0.25) is 5.55 Å². The monoisotopic (exact) mass is 424 g/mol. The summed E-state index contributed by atoms with van der Waals surface area (Å²) in [6, 6.07) is 15.0. The van der Waals surface area contributed by atoms with Crippen molar-refractivity contribution >= 4 is 34.2 Å². The number of rotatable bonds is 5. The highest BCUT2D eigenvalue weighted by atomic mass is 35.5. The molecule has 4 rings (SSSR count). The normalized spacial score (nSPS) is 17.1. The Morgan fingerprint density at radius 3 is 2.70 bits per heavy atom. The number of hydrogen-bond donors (Lipinski definition) is 1. The fourth-order valence-corrected chi connectivity index (χ4v) is 3.69. The van der Waals surface area contributed by atoms with Crippen molar-refractivity contribution in [1.82, 2.24) is 5.32 Å². The minimum Gasteiger partial charge on any atom is -0.438 e. The molecule has 0 radical (unpaired) electrons. The van der Waals surface area contributed by atoms with Crippen LogP contribution >= 0.6 is 11.6 Å². The molecular formula is C24H25ClN2O3. The van der Waals surface area contributed by atoms with Crippen molar-refractivity contribution in [2.75, 3.05) is 13.2 Å². The number of fused-ring (bicyclic) bond motifs is 1. The van der Waals surface area contributed by atoms with Crippen LogP contribution in [0.3, 0.4) is 0 Å². The van der Waals surface area contributed by atoms with Gasteiger partial charge in [0.15, 0.2) is 0 Å². The lowest BCUT2D eigenvalue weighted by molar-refractivity contribution is 0.0854. The van der Waals surface area contributed by atoms with Gasteiger partial charge in [-0.25, -0.2) is 4.99 Å². The van der Waals surface area contributed by atoms with Crippen molar-refractivity contribution in [3.63, 3.8) is 0 Å². The molecule has 1 fully saturated rings. The average molecular weight is 425 g/mol. The minimum atomic E-state index is -0.242. The molecule has 3 aromatic rings. The van der Waals surface area contributed by atoms with Crippen molar-refractivity contribution in [3.05, 3.63) is 70.2 Å². The number of amides is 1. The molecule has 1 aromatic heterocycles. The first-order chi connectivity index (χ1) is 14.5. The predicted octanol–water partition coefficient (Wildman–Crippen LogP) is 5.35. The Bertz CT molecular complexity index is 1110. The maximum absolute atomic E-state index is 13.0. The zero-order valence-electron chi connectivity index (χ0n) is 17.2. The lowest BCUT2D eigenvalue weighted by Crippen LogP contribution is -2.34. The Labute approximate surface area is 180 Å². The molecule has 1 atom stereocenters. The van der Waals surface area contributed by atoms with Gasteiger partial charge in [-0.15, -0.1) is 0 Å². The summed E-state index contributed by atoms with van der Waals surface area (Å²) in [5.74, 6) is 0.196. The summed E-state index contributed by atoms with van der Waals surface area (Å²) in [6.45, 7) is 5.51. The maximum Gasteiger partial charge on any atom is 0.256 e. The molecular weight excluding hydrogens is 400 g/mol. The number of nitrogens with zero attached hydrogens (tertiary/aromatic N) is 1. The van der Waals surface area contributed by atoms with Gasteiger partial charge in [-0.1, -0.05) is 37.6 Å². The van der Waals surface area contributed by atoms with E-state index in [1.165, 1.54) is 5.56 Å². The molecule has 0 spiro atoms. The number of carbonyl (C=O) groups is 1. The summed E-state index contributed by atoms with van der Waals surface area (Å²) in [4.78, 5) is 17.6. The van der Waals surface area contributed by atoms with Crippen molar-refractivity contribution in [2.45, 2.75) is 38.7 Å². The van der Waals surface area contributed by atoms with Gasteiger partial charge in [0.25, 0.3) is 5.91 Å². The highest BCUT2D eigenvalue weighted by molar-refractivity contribution is 6.31. The first-order valence-electron chi connectivity index (χ1n) is 10.3. The molecule has 1 amide bonds. The zero-order valence-corrected chi connectivity index (χ0v) is 17.9. The van der Waals surface area contributed by atoms with Crippen LogP contribution in [0.15, 0.2) is 57.9 Å². The van der Waals surface area contributed by atoms with Crippen molar-refractivity contribution in [2.24, 2.45) is 4.99 Å². The largest absolute Gasteiger partial charge is 0.438 e. The molecule has 0 saturated carbocycles. The lowest BCUT2D eigenvalue weighted by atomic mass is 10.0. The van der Waals surface area contributed by atoms with E-state index in [4.69, 9.17) is 20.8 Å². The maximum atomic E-state index is 13.0. The number of hydrogen-bond acceptors (Lipinski definition) is 4. The minimum absolute atomic E-state index is 0.0600. The van der Waals surface area contributed by atoms with E-state index in [1.807, 2.05) is 24.3 Å². The van der Waals surface area contributed by atoms with Crippen LogP contribution in [0.25, 0.3) is 11.0 Å². The van der Waals surface area contributed by atoms with E-state index in [-0.39, 0.29) is 17.6 Å². The molecule has 1 N–H and O–H groups in total. The van der Waals surface area contributed by atoms with Crippen molar-refractivity contribution in [1.29, 1.82) is 0 Å². The van der Waals surface area contributed by atoms with E-state index in [9.17, 15) is 4.79 Å². The van der Waals surface area contributed by atoms with Crippen LogP contribution < -0.4 is 10.9 Å². The number of ether oxygens (including phenoxy) is 1. The number of nitrogens with one attached hydrogen (secondary N) is 1.